The number of nitrogens with one attached hydrogen (secondary N) is 2. The quantitative estimate of drug-likeness (QED) is 0.0156. The predicted octanol–water partition coefficient (Wildman–Crippen LogP) is 6.00. The summed E-state index contributed by atoms with van der Waals surface area (Å²) < 4.78 is 191. The number of ether oxygens (including phenoxy) is 1. The number of aliphatic hydroxyl groups is 5. The Balaban J connectivity index is 0.000000160. The Kier molecular flexibility index (Phi) is 36.5. The van der Waals surface area contributed by atoms with E-state index in [0.717, 1.165) is 38.4 Å². The largest absolute Gasteiger partial charge is 0.481 e. The Bertz CT molecular complexity index is 7010. The van der Waals surface area contributed by atoms with E-state index in [9.17, 15) is 100 Å². The van der Waals surface area contributed by atoms with Crippen LogP contribution in [-0.4, -0.2) is 245 Å². The van der Waals surface area contributed by atoms with E-state index in [1.165, 1.54) is 91.6 Å². The highest BCUT2D eigenvalue weighted by Crippen LogP contribution is 2.40. The van der Waals surface area contributed by atoms with E-state index in [1.54, 1.807) is 59.8 Å². The second-order valence-electron chi connectivity index (χ2n) is 34.0. The first kappa shape index (κ1) is 109. The zero-order valence-electron chi connectivity index (χ0n) is 75.6. The summed E-state index contributed by atoms with van der Waals surface area (Å²) in [6.07, 6.45) is 9.85. The summed E-state index contributed by atoms with van der Waals surface area (Å²) in [5, 5.41) is 80.6. The van der Waals surface area contributed by atoms with Crippen LogP contribution in [0.4, 0.5) is 33.6 Å². The van der Waals surface area contributed by atoms with E-state index in [4.69, 9.17) is 36.9 Å². The van der Waals surface area contributed by atoms with Crippen molar-refractivity contribution in [1.29, 1.82) is 0 Å². The molecule has 12 aromatic rings. The summed E-state index contributed by atoms with van der Waals surface area (Å²) >= 11 is 10.9. The van der Waals surface area contributed by atoms with Crippen LogP contribution in [0, 0.1) is 47.1 Å². The minimum absolute atomic E-state index is 0.0369. The van der Waals surface area contributed by atoms with E-state index in [1.807, 2.05) is 64.6 Å². The fourth-order valence-corrected chi connectivity index (χ4v) is 19.9. The molecule has 764 valence electrons. The molecule has 16 atom stereocenters. The van der Waals surface area contributed by atoms with E-state index >= 15 is 0 Å². The minimum atomic E-state index is -4.23. The average molecular weight is 2170 g/mol. The van der Waals surface area contributed by atoms with Crippen LogP contribution in [0.5, 0.6) is 5.88 Å². The molecule has 143 heavy (non-hydrogen) atoms. The highest BCUT2D eigenvalue weighted by atomic mass is 79.9. The molecule has 42 nitrogen and oxygen atoms in total. The summed E-state index contributed by atoms with van der Waals surface area (Å²) in [5.74, 6) is -7.07. The molecule has 4 saturated carbocycles. The van der Waals surface area contributed by atoms with Gasteiger partial charge in [-0.15, -0.1) is 11.3 Å². The maximum atomic E-state index is 14.8. The Morgan fingerprint density at radius 2 is 0.972 bits per heavy atom. The third kappa shape index (κ3) is 29.6. The lowest BCUT2D eigenvalue weighted by molar-refractivity contribution is -0.00334. The van der Waals surface area contributed by atoms with Gasteiger partial charge in [0, 0.05) is 130 Å². The van der Waals surface area contributed by atoms with Crippen molar-refractivity contribution >= 4 is 115 Å². The number of carbonyl (C=O) groups is 4. The topological polar surface area (TPSA) is 629 Å². The number of benzene rings is 2. The van der Waals surface area contributed by atoms with Gasteiger partial charge in [-0.25, -0.2) is 87.4 Å². The minimum Gasteiger partial charge on any atom is -0.481 e. The first-order chi connectivity index (χ1) is 67.8. The Labute approximate surface area is 833 Å². The summed E-state index contributed by atoms with van der Waals surface area (Å²) in [6, 6.07) is 25.2. The van der Waals surface area contributed by atoms with Crippen molar-refractivity contribution in [2.75, 3.05) is 44.2 Å². The summed E-state index contributed by atoms with van der Waals surface area (Å²) in [4.78, 5) is 90.7. The van der Waals surface area contributed by atoms with Gasteiger partial charge in [-0.3, -0.25) is 40.6 Å². The molecule has 10 heterocycles. The number of alkyl halides is 3. The van der Waals surface area contributed by atoms with E-state index in [0.29, 0.717) is 69.9 Å². The molecule has 10 aromatic heterocycles. The van der Waals surface area contributed by atoms with Crippen LogP contribution in [0.3, 0.4) is 0 Å². The molecule has 0 saturated heterocycles. The second-order valence-corrected chi connectivity index (χ2v) is 41.6. The molecule has 0 bridgehead atoms. The zero-order valence-corrected chi connectivity index (χ0v) is 82.0. The fourth-order valence-electron chi connectivity index (χ4n) is 16.9. The number of aromatic nitrogens is 14. The number of anilines is 2. The third-order valence-corrected chi connectivity index (χ3v) is 27.6. The molecule has 4 aliphatic rings. The monoisotopic (exact) mass is 2170 g/mol. The number of nitrogens with zero attached hydrogens (tertiary/aromatic N) is 14. The molecule has 0 aliphatic heterocycles. The molecule has 0 amide bonds. The molecule has 4 aliphatic carbocycles. The standard InChI is InChI=1S/C24H27BrFN5O5S.C23H26FN5O6S.C22H23F2N5O6S.C20H21ClFN5O5S2/c1-2-18-7-15(11-31(18)10-14-4-3-5-17(25)6-14)22(32)19-9-28-13-29-24(19)30-20-8-16(23(33)21(20)26)12-36-37(27,34)35;1-34-20-4-2-3-17(28-20)11-29-6-5-14(10-29)22(30)18-9-26-13-27-19(18)8-15-7-16(23(31)21(15)24)12-35-36(25,32)33;23-16-2-1-12(5-17(16)24)9-29-4-3-18(28-29)22(32)15-8-26-11-27-19(15)7-13-6-14(21(31)20(13)30)10-35-36(25,33)34;21-16-2-1-13(33-16)8-27-4-3-11(7-27)18(28)14-6-24-10-25-20(14)26-15-5-12(19(29)17(15)22)9-32-34(23,30)31/h3-7,9,11,13,16,20-21,23,33H,2,8,10,12H2,1H3,(H2,27,34,35)(H,28,29,30);2-6,9-10,13,15-16,21,23,31H,7-8,11-12H2,1H3,(H2,25,32,33);1-5,8,11,13-14,20-21,30-31H,6-7,9-10H2,(H2,25,33,34);1-4,6-7,10,12,15,17,19,29H,5,8-9H2,(H2,23,30,31)(H,24,25,26)/t16-,20-,21-,23-;15-,16+,21+,23+;13-,14+,20-,21+;12-,15-,17-,19-/m1001/s1. The predicted molar refractivity (Wildman–Crippen MR) is 506 cm³/mol. The van der Waals surface area contributed by atoms with E-state index in [-0.39, 0.29) is 102 Å². The third-order valence-electron chi connectivity index (χ3n) is 24.0. The number of nitrogens with two attached hydrogens (primary N) is 4. The van der Waals surface area contributed by atoms with Gasteiger partial charge in [0.15, 0.2) is 29.0 Å². The van der Waals surface area contributed by atoms with Crippen LogP contribution < -0.4 is 35.9 Å². The second kappa shape index (κ2) is 48.0. The Hall–Kier alpha value is -11.6. The smallest absolute Gasteiger partial charge is 0.333 e. The van der Waals surface area contributed by atoms with Gasteiger partial charge < -0.3 is 54.6 Å². The van der Waals surface area contributed by atoms with Gasteiger partial charge in [-0.05, 0) is 135 Å². The molecule has 2 aromatic carbocycles. The highest BCUT2D eigenvalue weighted by Gasteiger charge is 2.48. The van der Waals surface area contributed by atoms with E-state index in [2.05, 4.69) is 93.3 Å². The average Bonchev–Trinajstić information content (AvgIpc) is 1.67. The zero-order chi connectivity index (χ0) is 103. The Morgan fingerprint density at radius 3 is 1.50 bits per heavy atom. The van der Waals surface area contributed by atoms with Crippen molar-refractivity contribution in [3.63, 3.8) is 0 Å². The van der Waals surface area contributed by atoms with Crippen LogP contribution in [0.25, 0.3) is 0 Å². The van der Waals surface area contributed by atoms with Crippen LogP contribution >= 0.6 is 38.9 Å². The van der Waals surface area contributed by atoms with Crippen molar-refractivity contribution in [2.24, 2.45) is 56.1 Å². The van der Waals surface area contributed by atoms with Crippen LogP contribution in [0.1, 0.15) is 135 Å². The van der Waals surface area contributed by atoms with Crippen LogP contribution in [0.2, 0.25) is 4.34 Å². The lowest BCUT2D eigenvalue weighted by atomic mass is 9.95. The SMILES string of the molecule is CCc1cc(C(=O)c2cncnc2N[C@@H]2C[C@H](COS(N)(=O)=O)[C@@H](O)[C@@H]2F)cn1Cc1cccc(Br)c1.COc1cccc(Cn2ccc(C(=O)c3cncnc3C[C@@H]3C[C@H](COS(N)(=O)=O)[C@@H](O)[C@@H]3F)c2)n1.NS(=O)(=O)OC[C@H]1C[C@@H](Cc2ncncc2C(=O)c2ccn(Cc3ccc(F)c(F)c3)n2)[C@H](O)[C@@H]1O.NS(=O)(=O)OC[C@H]1C[C@@H](Nc2ncncc2C(=O)c2ccn(Cc3ccc(Cl)s3)c2)[C@@H](F)[C@@H]1O. The summed E-state index contributed by atoms with van der Waals surface area (Å²) in [6.45, 7) is 1.93. The first-order valence-electron chi connectivity index (χ1n) is 43.7. The van der Waals surface area contributed by atoms with Gasteiger partial charge in [-0.1, -0.05) is 58.7 Å². The molecule has 0 radical (unpaired) electrons. The molecular formula is C89H97BrClF5N20O22S5. The maximum absolute atomic E-state index is 14.8. The number of carbonyl (C=O) groups excluding carboxylic acids is 4. The number of thiophene rings is 1. The number of methoxy groups -OCH3 is 1. The van der Waals surface area contributed by atoms with Gasteiger partial charge in [-0.2, -0.15) is 38.8 Å². The van der Waals surface area contributed by atoms with Gasteiger partial charge in [0.05, 0.1) is 139 Å². The van der Waals surface area contributed by atoms with Crippen molar-refractivity contribution in [2.45, 2.75) is 139 Å². The molecule has 4 fully saturated rings. The van der Waals surface area contributed by atoms with Crippen LogP contribution in [0.15, 0.2) is 189 Å². The van der Waals surface area contributed by atoms with Crippen LogP contribution in [-0.2, 0) is 103 Å². The summed E-state index contributed by atoms with van der Waals surface area (Å²) in [7, 11) is -15.3. The van der Waals surface area contributed by atoms with Gasteiger partial charge in [0.2, 0.25) is 11.7 Å². The number of ketones is 4. The number of rotatable bonds is 38. The molecule has 15 N–H and O–H groups in total. The number of halogens is 7. The molecule has 16 rings (SSSR count). The number of aryl methyl sites for hydroxylation is 1. The molecule has 0 unspecified atom stereocenters. The highest BCUT2D eigenvalue weighted by molar-refractivity contribution is 9.10. The van der Waals surface area contributed by atoms with E-state index < -0.39 is 182 Å². The number of hydrogen-bond acceptors (Lipinski definition) is 35. The van der Waals surface area contributed by atoms with Crippen molar-refractivity contribution in [3.8, 4) is 5.88 Å². The van der Waals surface area contributed by atoms with Crippen molar-refractivity contribution < 1.29 is 122 Å². The molecule has 0 spiro atoms. The van der Waals surface area contributed by atoms with Crippen molar-refractivity contribution in [3.05, 3.63) is 288 Å². The van der Waals surface area contributed by atoms with Crippen molar-refractivity contribution in [1.82, 2.24) is 68.3 Å². The lowest BCUT2D eigenvalue weighted by Gasteiger charge is -2.18. The van der Waals surface area contributed by atoms with Gasteiger partial charge >= 0.3 is 41.2 Å². The first-order valence-corrected chi connectivity index (χ1v) is 51.6. The molecular weight excluding hydrogens is 2070 g/mol. The molecule has 54 heteroatoms. The maximum Gasteiger partial charge on any atom is 0.333 e. The lowest BCUT2D eigenvalue weighted by Crippen LogP contribution is -2.33. The fraction of sp³-hybridized carbons (Fsp3) is 0.371. The number of aliphatic hydroxyl groups excluding tert-OH is 5. The number of hydrogen-bond donors (Lipinski definition) is 11. The van der Waals surface area contributed by atoms with Gasteiger partial charge in [0.25, 0.3) is 0 Å². The normalized spacial score (nSPS) is 22.1. The summed E-state index contributed by atoms with van der Waals surface area (Å²) in [5.41, 5.74) is 5.83. The van der Waals surface area contributed by atoms with Gasteiger partial charge in [0.1, 0.15) is 61.2 Å². The Morgan fingerprint density at radius 1 is 0.497 bits per heavy atom. The number of pyridine rings is 1.